The number of hydrogen-bond acceptors (Lipinski definition) is 4. The van der Waals surface area contributed by atoms with Crippen LogP contribution < -0.4 is 11.1 Å². The van der Waals surface area contributed by atoms with Gasteiger partial charge in [-0.3, -0.25) is 0 Å². The first kappa shape index (κ1) is 12.2. The van der Waals surface area contributed by atoms with Gasteiger partial charge in [0.25, 0.3) is 0 Å². The minimum Gasteiger partial charge on any atom is -0.409 e. The van der Waals surface area contributed by atoms with Gasteiger partial charge in [0.15, 0.2) is 0 Å². The molecule has 0 fully saturated rings. The van der Waals surface area contributed by atoms with E-state index in [2.05, 4.69) is 10.5 Å². The van der Waals surface area contributed by atoms with Gasteiger partial charge in [0.05, 0.1) is 6.61 Å². The summed E-state index contributed by atoms with van der Waals surface area (Å²) in [7, 11) is 0. The first-order valence-corrected chi connectivity index (χ1v) is 4.26. The number of nitrogens with two attached hydrogens (primary N) is 1. The second-order valence-corrected chi connectivity index (χ2v) is 3.85. The first-order chi connectivity index (χ1) is 5.93. The van der Waals surface area contributed by atoms with Crippen molar-refractivity contribution in [2.45, 2.75) is 26.3 Å². The van der Waals surface area contributed by atoms with Gasteiger partial charge in [0.1, 0.15) is 5.84 Å². The molecule has 13 heavy (non-hydrogen) atoms. The van der Waals surface area contributed by atoms with Crippen LogP contribution in [-0.2, 0) is 0 Å². The van der Waals surface area contributed by atoms with Crippen LogP contribution in [0.25, 0.3) is 0 Å². The zero-order valence-corrected chi connectivity index (χ0v) is 8.41. The largest absolute Gasteiger partial charge is 0.409 e. The van der Waals surface area contributed by atoms with Crippen molar-refractivity contribution >= 4 is 5.84 Å². The summed E-state index contributed by atoms with van der Waals surface area (Å²) < 4.78 is 0. The molecule has 1 atom stereocenters. The summed E-state index contributed by atoms with van der Waals surface area (Å²) in [5.41, 5.74) is 5.06. The lowest BCUT2D eigenvalue weighted by Crippen LogP contribution is -2.46. The average Bonchev–Trinajstić information content (AvgIpc) is 2.13. The third-order valence-corrected chi connectivity index (χ3v) is 1.90. The fourth-order valence-electron chi connectivity index (χ4n) is 0.688. The van der Waals surface area contributed by atoms with E-state index in [0.717, 1.165) is 0 Å². The molecule has 0 saturated carbocycles. The van der Waals surface area contributed by atoms with Gasteiger partial charge in [-0.25, -0.2) is 0 Å². The Morgan fingerprint density at radius 1 is 1.62 bits per heavy atom. The van der Waals surface area contributed by atoms with Gasteiger partial charge >= 0.3 is 0 Å². The van der Waals surface area contributed by atoms with Crippen molar-refractivity contribution in [3.63, 3.8) is 0 Å². The number of nitrogens with zero attached hydrogens (tertiary/aromatic N) is 1. The molecule has 0 aliphatic carbocycles. The minimum atomic E-state index is -0.329. The van der Waals surface area contributed by atoms with Gasteiger partial charge in [-0.15, -0.1) is 0 Å². The molecule has 5 N–H and O–H groups in total. The molecule has 5 nitrogen and oxygen atoms in total. The first-order valence-electron chi connectivity index (χ1n) is 4.26. The zero-order chi connectivity index (χ0) is 10.5. The Morgan fingerprint density at radius 3 is 2.54 bits per heavy atom. The van der Waals surface area contributed by atoms with Crippen molar-refractivity contribution in [3.05, 3.63) is 0 Å². The van der Waals surface area contributed by atoms with E-state index in [0.29, 0.717) is 6.54 Å². The van der Waals surface area contributed by atoms with Crippen molar-refractivity contribution in [3.8, 4) is 0 Å². The predicted octanol–water partition coefficient (Wildman–Crippen LogP) is -0.271. The molecular formula is C8H19N3O2. The lowest BCUT2D eigenvalue weighted by molar-refractivity contribution is 0.186. The molecule has 0 bridgehead atoms. The molecule has 0 aromatic carbocycles. The molecule has 0 aromatic heterocycles. The maximum Gasteiger partial charge on any atom is 0.143 e. The molecule has 0 spiro atoms. The molecule has 0 heterocycles. The molecule has 1 unspecified atom stereocenters. The normalized spacial score (nSPS) is 15.8. The smallest absolute Gasteiger partial charge is 0.143 e. The number of aliphatic hydroxyl groups excluding tert-OH is 1. The van der Waals surface area contributed by atoms with Crippen molar-refractivity contribution in [1.29, 1.82) is 0 Å². The van der Waals surface area contributed by atoms with E-state index in [9.17, 15) is 0 Å². The van der Waals surface area contributed by atoms with Crippen LogP contribution in [0.1, 0.15) is 20.8 Å². The Kier molecular flexibility index (Phi) is 4.72. The lowest BCUT2D eigenvalue weighted by Gasteiger charge is -2.25. The third kappa shape index (κ3) is 4.69. The van der Waals surface area contributed by atoms with Crippen LogP contribution in [0.5, 0.6) is 0 Å². The second kappa shape index (κ2) is 5.04. The Bertz CT molecular complexity index is 180. The van der Waals surface area contributed by atoms with E-state index in [1.54, 1.807) is 0 Å². The molecule has 78 valence electrons. The highest BCUT2D eigenvalue weighted by Gasteiger charge is 2.17. The van der Waals surface area contributed by atoms with E-state index in [-0.39, 0.29) is 23.9 Å². The number of amidine groups is 1. The summed E-state index contributed by atoms with van der Waals surface area (Å²) in [6.07, 6.45) is 0. The summed E-state index contributed by atoms with van der Waals surface area (Å²) in [4.78, 5) is 0. The zero-order valence-electron chi connectivity index (χ0n) is 8.41. The SMILES string of the molecule is CC(CNC(C)(C)CO)C(N)=NO. The molecule has 0 saturated heterocycles. The van der Waals surface area contributed by atoms with Gasteiger partial charge < -0.3 is 21.4 Å². The number of oxime groups is 1. The summed E-state index contributed by atoms with van der Waals surface area (Å²) in [6, 6.07) is 0. The van der Waals surface area contributed by atoms with Crippen LogP contribution in [0, 0.1) is 5.92 Å². The van der Waals surface area contributed by atoms with Crippen LogP contribution >= 0.6 is 0 Å². The fraction of sp³-hybridized carbons (Fsp3) is 0.875. The number of rotatable bonds is 5. The standard InChI is InChI=1S/C8H19N3O2/c1-6(7(9)11-13)4-10-8(2,3)5-12/h6,10,12-13H,4-5H2,1-3H3,(H2,9,11). The van der Waals surface area contributed by atoms with Gasteiger partial charge in [-0.05, 0) is 13.8 Å². The second-order valence-electron chi connectivity index (χ2n) is 3.85. The highest BCUT2D eigenvalue weighted by atomic mass is 16.4. The minimum absolute atomic E-state index is 0.0455. The van der Waals surface area contributed by atoms with Crippen molar-refractivity contribution in [1.82, 2.24) is 5.32 Å². The summed E-state index contributed by atoms with van der Waals surface area (Å²) in [5, 5.41) is 23.3. The molecule has 0 aromatic rings. The van der Waals surface area contributed by atoms with E-state index >= 15 is 0 Å². The van der Waals surface area contributed by atoms with E-state index in [1.807, 2.05) is 20.8 Å². The topological polar surface area (TPSA) is 90.9 Å². The van der Waals surface area contributed by atoms with Crippen molar-refractivity contribution < 1.29 is 10.3 Å². The molecule has 0 rings (SSSR count). The van der Waals surface area contributed by atoms with Gasteiger partial charge in [-0.2, -0.15) is 0 Å². The van der Waals surface area contributed by atoms with E-state index < -0.39 is 0 Å². The summed E-state index contributed by atoms with van der Waals surface area (Å²) in [6.45, 7) is 6.23. The van der Waals surface area contributed by atoms with Crippen molar-refractivity contribution in [2.75, 3.05) is 13.2 Å². The maximum atomic E-state index is 8.93. The Labute approximate surface area is 78.6 Å². The van der Waals surface area contributed by atoms with Crippen molar-refractivity contribution in [2.24, 2.45) is 16.8 Å². The monoisotopic (exact) mass is 189 g/mol. The Hall–Kier alpha value is -0.810. The van der Waals surface area contributed by atoms with Gasteiger partial charge in [0, 0.05) is 18.0 Å². The van der Waals surface area contributed by atoms with Gasteiger partial charge in [-0.1, -0.05) is 12.1 Å². The molecular weight excluding hydrogens is 170 g/mol. The average molecular weight is 189 g/mol. The van der Waals surface area contributed by atoms with E-state index in [4.69, 9.17) is 16.0 Å². The quantitative estimate of drug-likeness (QED) is 0.207. The number of aliphatic hydroxyl groups is 1. The third-order valence-electron chi connectivity index (χ3n) is 1.90. The fourth-order valence-corrected chi connectivity index (χ4v) is 0.688. The van der Waals surface area contributed by atoms with Crippen LogP contribution in [0.2, 0.25) is 0 Å². The van der Waals surface area contributed by atoms with Crippen LogP contribution in [0.15, 0.2) is 5.16 Å². The summed E-state index contributed by atoms with van der Waals surface area (Å²) >= 11 is 0. The maximum absolute atomic E-state index is 8.93. The number of hydrogen-bond donors (Lipinski definition) is 4. The molecule has 0 amide bonds. The van der Waals surface area contributed by atoms with E-state index in [1.165, 1.54) is 0 Å². The molecule has 0 radical (unpaired) electrons. The summed E-state index contributed by atoms with van der Waals surface area (Å²) in [5.74, 6) is 0.150. The lowest BCUT2D eigenvalue weighted by atomic mass is 10.1. The number of nitrogens with one attached hydrogen (secondary N) is 1. The van der Waals surface area contributed by atoms with Crippen LogP contribution in [0.4, 0.5) is 0 Å². The van der Waals surface area contributed by atoms with Crippen LogP contribution in [-0.4, -0.2) is 34.8 Å². The molecule has 0 aliphatic rings. The predicted molar refractivity (Wildman–Crippen MR) is 51.7 cm³/mol. The Morgan fingerprint density at radius 2 is 2.15 bits per heavy atom. The Balaban J connectivity index is 3.89. The molecule has 5 heteroatoms. The van der Waals surface area contributed by atoms with Gasteiger partial charge in [0.2, 0.25) is 0 Å². The highest BCUT2D eigenvalue weighted by Crippen LogP contribution is 2.01. The molecule has 0 aliphatic heterocycles. The van der Waals surface area contributed by atoms with Crippen LogP contribution in [0.3, 0.4) is 0 Å². The highest BCUT2D eigenvalue weighted by molar-refractivity contribution is 5.82.